The second kappa shape index (κ2) is 9.37. The predicted octanol–water partition coefficient (Wildman–Crippen LogP) is 11.5. The van der Waals surface area contributed by atoms with Gasteiger partial charge in [-0.3, -0.25) is 0 Å². The van der Waals surface area contributed by atoms with Gasteiger partial charge in [0.2, 0.25) is 0 Å². The summed E-state index contributed by atoms with van der Waals surface area (Å²) in [5, 5.41) is 7.86. The van der Waals surface area contributed by atoms with Gasteiger partial charge in [-0.15, -0.1) is 11.3 Å². The van der Waals surface area contributed by atoms with Gasteiger partial charge in [-0.1, -0.05) is 109 Å². The van der Waals surface area contributed by atoms with Crippen LogP contribution in [-0.2, 0) is 0 Å². The van der Waals surface area contributed by atoms with Gasteiger partial charge in [-0.05, 0) is 69.8 Å². The molecule has 0 aliphatic carbocycles. The minimum atomic E-state index is 1.14. The Morgan fingerprint density at radius 3 is 1.93 bits per heavy atom. The third kappa shape index (κ3) is 3.77. The lowest BCUT2D eigenvalue weighted by molar-refractivity contribution is 1.29. The molecule has 0 fully saturated rings. The van der Waals surface area contributed by atoms with Crippen LogP contribution in [0.25, 0.3) is 52.8 Å². The molecule has 0 unspecified atom stereocenters. The Bertz CT molecular complexity index is 2160. The summed E-state index contributed by atoms with van der Waals surface area (Å²) < 4.78 is 2.71. The van der Waals surface area contributed by atoms with Crippen LogP contribution in [-0.4, -0.2) is 0 Å². The monoisotopic (exact) mass is 527 g/mol. The Morgan fingerprint density at radius 2 is 1.05 bits per heavy atom. The summed E-state index contributed by atoms with van der Waals surface area (Å²) in [5.74, 6) is 0. The van der Waals surface area contributed by atoms with Gasteiger partial charge in [-0.2, -0.15) is 0 Å². The van der Waals surface area contributed by atoms with Crippen molar-refractivity contribution in [1.29, 1.82) is 0 Å². The number of benzene rings is 7. The van der Waals surface area contributed by atoms with E-state index in [4.69, 9.17) is 0 Å². The summed E-state index contributed by atoms with van der Waals surface area (Å²) in [7, 11) is 0. The largest absolute Gasteiger partial charge is 0.310 e. The molecule has 0 saturated heterocycles. The molecule has 188 valence electrons. The molecule has 40 heavy (non-hydrogen) atoms. The molecule has 7 aromatic carbocycles. The molecule has 1 heterocycles. The zero-order valence-corrected chi connectivity index (χ0v) is 22.6. The molecule has 1 aromatic heterocycles. The van der Waals surface area contributed by atoms with Crippen LogP contribution >= 0.6 is 11.3 Å². The molecule has 0 N–H and O–H groups in total. The average Bonchev–Trinajstić information content (AvgIpc) is 3.41. The third-order valence-corrected chi connectivity index (χ3v) is 9.01. The maximum absolute atomic E-state index is 2.36. The lowest BCUT2D eigenvalue weighted by Gasteiger charge is -2.26. The van der Waals surface area contributed by atoms with E-state index in [1.54, 1.807) is 0 Å². The van der Waals surface area contributed by atoms with E-state index in [9.17, 15) is 0 Å². The molecular weight excluding hydrogens is 502 g/mol. The fourth-order valence-corrected chi connectivity index (χ4v) is 7.21. The summed E-state index contributed by atoms with van der Waals surface area (Å²) in [4.78, 5) is 2.36. The molecule has 0 amide bonds. The van der Waals surface area contributed by atoms with E-state index in [1.165, 1.54) is 52.8 Å². The van der Waals surface area contributed by atoms with Crippen LogP contribution < -0.4 is 4.90 Å². The molecule has 0 saturated carbocycles. The second-order valence-corrected chi connectivity index (χ2v) is 11.2. The third-order valence-electron chi connectivity index (χ3n) is 7.81. The van der Waals surface area contributed by atoms with Crippen molar-refractivity contribution in [3.05, 3.63) is 152 Å². The first-order chi connectivity index (χ1) is 19.8. The van der Waals surface area contributed by atoms with Gasteiger partial charge >= 0.3 is 0 Å². The molecule has 0 bridgehead atoms. The first-order valence-electron chi connectivity index (χ1n) is 13.6. The molecule has 0 aliphatic heterocycles. The molecule has 0 spiro atoms. The second-order valence-electron chi connectivity index (χ2n) is 10.2. The van der Waals surface area contributed by atoms with E-state index in [0.29, 0.717) is 0 Å². The van der Waals surface area contributed by atoms with Gasteiger partial charge in [0.1, 0.15) is 0 Å². The SMILES string of the molecule is c1ccc(-c2cccc(N(c3ccccc3)c3ccc4c(ccc5ccc6c7ccccc7sc6c54)c3)c2)cc1. The highest BCUT2D eigenvalue weighted by Gasteiger charge is 2.16. The van der Waals surface area contributed by atoms with E-state index in [-0.39, 0.29) is 0 Å². The van der Waals surface area contributed by atoms with Crippen molar-refractivity contribution in [3.8, 4) is 11.1 Å². The van der Waals surface area contributed by atoms with Crippen molar-refractivity contribution in [2.75, 3.05) is 4.90 Å². The highest BCUT2D eigenvalue weighted by Crippen LogP contribution is 2.43. The summed E-state index contributed by atoms with van der Waals surface area (Å²) in [5.41, 5.74) is 5.85. The molecule has 8 rings (SSSR count). The van der Waals surface area contributed by atoms with Crippen molar-refractivity contribution < 1.29 is 0 Å². The van der Waals surface area contributed by atoms with E-state index in [1.807, 2.05) is 11.3 Å². The van der Waals surface area contributed by atoms with Gasteiger partial charge in [0, 0.05) is 42.6 Å². The summed E-state index contributed by atoms with van der Waals surface area (Å²) >= 11 is 1.90. The van der Waals surface area contributed by atoms with Crippen molar-refractivity contribution in [3.63, 3.8) is 0 Å². The highest BCUT2D eigenvalue weighted by atomic mass is 32.1. The van der Waals surface area contributed by atoms with E-state index in [0.717, 1.165) is 17.1 Å². The van der Waals surface area contributed by atoms with Gasteiger partial charge in [0.25, 0.3) is 0 Å². The van der Waals surface area contributed by atoms with Crippen LogP contribution in [0.15, 0.2) is 152 Å². The maximum atomic E-state index is 2.36. The number of hydrogen-bond acceptors (Lipinski definition) is 2. The Balaban J connectivity index is 1.34. The smallest absolute Gasteiger partial charge is 0.0468 e. The summed E-state index contributed by atoms with van der Waals surface area (Å²) in [6, 6.07) is 54.8. The minimum absolute atomic E-state index is 1.14. The predicted molar refractivity (Wildman–Crippen MR) is 174 cm³/mol. The Kier molecular flexibility index (Phi) is 5.39. The quantitative estimate of drug-likeness (QED) is 0.206. The number of thiophene rings is 1. The topological polar surface area (TPSA) is 3.24 Å². The van der Waals surface area contributed by atoms with Crippen molar-refractivity contribution in [2.24, 2.45) is 0 Å². The molecule has 0 radical (unpaired) electrons. The lowest BCUT2D eigenvalue weighted by Crippen LogP contribution is -2.09. The number of hydrogen-bond donors (Lipinski definition) is 0. The fourth-order valence-electron chi connectivity index (χ4n) is 5.93. The Hall–Kier alpha value is -4.92. The fraction of sp³-hybridized carbons (Fsp3) is 0. The summed E-state index contributed by atoms with van der Waals surface area (Å²) in [6.45, 7) is 0. The van der Waals surface area contributed by atoms with Crippen LogP contribution in [0.1, 0.15) is 0 Å². The summed E-state index contributed by atoms with van der Waals surface area (Å²) in [6.07, 6.45) is 0. The average molecular weight is 528 g/mol. The van der Waals surface area contributed by atoms with Crippen LogP contribution in [0.3, 0.4) is 0 Å². The van der Waals surface area contributed by atoms with E-state index in [2.05, 4.69) is 157 Å². The number of rotatable bonds is 4. The molecule has 0 atom stereocenters. The van der Waals surface area contributed by atoms with Crippen molar-refractivity contribution in [2.45, 2.75) is 0 Å². The number of nitrogens with zero attached hydrogens (tertiary/aromatic N) is 1. The number of fused-ring (bicyclic) bond motifs is 7. The molecule has 2 heteroatoms. The zero-order valence-electron chi connectivity index (χ0n) is 21.8. The Labute approximate surface area is 237 Å². The molecule has 8 aromatic rings. The van der Waals surface area contributed by atoms with E-state index >= 15 is 0 Å². The minimum Gasteiger partial charge on any atom is -0.310 e. The zero-order chi connectivity index (χ0) is 26.5. The molecule has 1 nitrogen and oxygen atoms in total. The van der Waals surface area contributed by atoms with Gasteiger partial charge in [0.15, 0.2) is 0 Å². The first kappa shape index (κ1) is 23.0. The van der Waals surface area contributed by atoms with Crippen LogP contribution in [0.5, 0.6) is 0 Å². The lowest BCUT2D eigenvalue weighted by atomic mass is 9.99. The molecular formula is C38H25NS. The number of para-hydroxylation sites is 1. The van der Waals surface area contributed by atoms with Crippen LogP contribution in [0, 0.1) is 0 Å². The van der Waals surface area contributed by atoms with E-state index < -0.39 is 0 Å². The molecule has 0 aliphatic rings. The van der Waals surface area contributed by atoms with Gasteiger partial charge in [-0.25, -0.2) is 0 Å². The van der Waals surface area contributed by atoms with Gasteiger partial charge in [0.05, 0.1) is 0 Å². The van der Waals surface area contributed by atoms with Crippen LogP contribution in [0.2, 0.25) is 0 Å². The highest BCUT2D eigenvalue weighted by molar-refractivity contribution is 7.26. The standard InChI is InChI=1S/C38H25NS/c1-3-10-26(11-4-1)28-12-9-15-31(24-28)39(30-13-5-2-6-14-30)32-21-23-33-29(25-32)19-18-27-20-22-35-34-16-7-8-17-36(34)40-38(35)37(27)33/h1-25H. The maximum Gasteiger partial charge on any atom is 0.0468 e. The van der Waals surface area contributed by atoms with Crippen molar-refractivity contribution in [1.82, 2.24) is 0 Å². The Morgan fingerprint density at radius 1 is 0.400 bits per heavy atom. The normalized spacial score (nSPS) is 11.5. The van der Waals surface area contributed by atoms with Crippen LogP contribution in [0.4, 0.5) is 17.1 Å². The first-order valence-corrected chi connectivity index (χ1v) is 14.4. The van der Waals surface area contributed by atoms with Crippen molar-refractivity contribution >= 4 is 70.1 Å². The van der Waals surface area contributed by atoms with Gasteiger partial charge < -0.3 is 4.90 Å². The number of anilines is 3.